The number of pyridine rings is 1. The molecule has 5 aromatic rings. The number of H-pyrrole nitrogens is 1. The molecule has 2 heterocycles. The number of aromatic nitrogens is 3. The van der Waals surface area contributed by atoms with Gasteiger partial charge >= 0.3 is 0 Å². The fraction of sp³-hybridized carbons (Fsp3) is 0.111. The first kappa shape index (κ1) is 23.6. The zero-order valence-electron chi connectivity index (χ0n) is 19.2. The summed E-state index contributed by atoms with van der Waals surface area (Å²) in [5, 5.41) is 0. The second-order valence-electron chi connectivity index (χ2n) is 8.13. The normalized spacial score (nSPS) is 11.6. The molecule has 1 N–H and O–H groups in total. The summed E-state index contributed by atoms with van der Waals surface area (Å²) >= 11 is 0. The molecule has 0 aliphatic rings. The van der Waals surface area contributed by atoms with E-state index in [-0.39, 0.29) is 22.6 Å². The Morgan fingerprint density at radius 3 is 2.33 bits per heavy atom. The zero-order valence-corrected chi connectivity index (χ0v) is 20.0. The van der Waals surface area contributed by atoms with Gasteiger partial charge in [-0.1, -0.05) is 19.1 Å². The summed E-state index contributed by atoms with van der Waals surface area (Å²) in [4.78, 5) is 12.4. The van der Waals surface area contributed by atoms with E-state index in [1.165, 1.54) is 30.3 Å². The Labute approximate surface area is 206 Å². The van der Waals surface area contributed by atoms with Crippen molar-refractivity contribution in [1.82, 2.24) is 15.0 Å². The highest BCUT2D eigenvalue weighted by atomic mass is 32.2. The number of rotatable bonds is 7. The first-order valence-electron chi connectivity index (χ1n) is 11.2. The molecule has 9 heteroatoms. The number of aromatic amines is 1. The summed E-state index contributed by atoms with van der Waals surface area (Å²) in [5.41, 5.74) is 2.26. The quantitative estimate of drug-likeness (QED) is 0.290. The van der Waals surface area contributed by atoms with E-state index in [4.69, 9.17) is 4.74 Å². The van der Waals surface area contributed by atoms with E-state index in [2.05, 4.69) is 15.0 Å². The number of imidazole rings is 1. The third-order valence-electron chi connectivity index (χ3n) is 5.78. The molecule has 0 bridgehead atoms. The van der Waals surface area contributed by atoms with Crippen LogP contribution in [0.3, 0.4) is 0 Å². The Hall–Kier alpha value is -4.11. The monoisotopic (exact) mass is 505 g/mol. The third kappa shape index (κ3) is 4.70. The van der Waals surface area contributed by atoms with Gasteiger partial charge in [0.05, 0.1) is 21.7 Å². The van der Waals surface area contributed by atoms with E-state index in [0.29, 0.717) is 39.6 Å². The summed E-state index contributed by atoms with van der Waals surface area (Å²) in [7, 11) is -3.34. The average Bonchev–Trinajstić information content (AvgIpc) is 3.32. The predicted molar refractivity (Wildman–Crippen MR) is 133 cm³/mol. The highest BCUT2D eigenvalue weighted by Crippen LogP contribution is 2.32. The first-order valence-corrected chi connectivity index (χ1v) is 12.9. The van der Waals surface area contributed by atoms with Crippen molar-refractivity contribution in [1.29, 1.82) is 0 Å². The summed E-state index contributed by atoms with van der Waals surface area (Å²) in [6.45, 7) is 1.58. The number of benzene rings is 3. The van der Waals surface area contributed by atoms with Gasteiger partial charge in [0.2, 0.25) is 0 Å². The molecule has 0 saturated carbocycles. The van der Waals surface area contributed by atoms with Crippen LogP contribution in [0.4, 0.5) is 8.78 Å². The van der Waals surface area contributed by atoms with Crippen molar-refractivity contribution in [3.05, 3.63) is 102 Å². The molecule has 0 saturated heterocycles. The van der Waals surface area contributed by atoms with Gasteiger partial charge in [0.15, 0.2) is 15.7 Å². The summed E-state index contributed by atoms with van der Waals surface area (Å²) in [6.07, 6.45) is 1.61. The highest BCUT2D eigenvalue weighted by Gasteiger charge is 2.17. The van der Waals surface area contributed by atoms with Crippen molar-refractivity contribution in [3.63, 3.8) is 0 Å². The molecule has 6 nitrogen and oxygen atoms in total. The number of sulfone groups is 1. The molecular weight excluding hydrogens is 484 g/mol. The molecule has 2 aromatic heterocycles. The zero-order chi connectivity index (χ0) is 25.3. The van der Waals surface area contributed by atoms with E-state index in [0.717, 1.165) is 0 Å². The number of nitrogens with one attached hydrogen (secondary N) is 1. The van der Waals surface area contributed by atoms with Crippen LogP contribution in [0.1, 0.15) is 18.1 Å². The largest absolute Gasteiger partial charge is 0.457 e. The Kier molecular flexibility index (Phi) is 6.24. The highest BCUT2D eigenvalue weighted by molar-refractivity contribution is 7.91. The van der Waals surface area contributed by atoms with Gasteiger partial charge in [0.1, 0.15) is 28.8 Å². The van der Waals surface area contributed by atoms with Crippen LogP contribution in [-0.2, 0) is 16.3 Å². The number of halogens is 2. The molecule has 0 unspecified atom stereocenters. The van der Waals surface area contributed by atoms with Crippen LogP contribution in [0.5, 0.6) is 11.5 Å². The topological polar surface area (TPSA) is 84.9 Å². The Morgan fingerprint density at radius 2 is 1.67 bits per heavy atom. The van der Waals surface area contributed by atoms with Crippen molar-refractivity contribution in [3.8, 4) is 23.0 Å². The number of fused-ring (bicyclic) bond motifs is 1. The van der Waals surface area contributed by atoms with Crippen LogP contribution in [0.25, 0.3) is 22.6 Å². The number of nitrogens with zero attached hydrogens (tertiary/aromatic N) is 2. The van der Waals surface area contributed by atoms with E-state index in [9.17, 15) is 17.2 Å². The maximum absolute atomic E-state index is 14.5. The number of hydrogen-bond donors (Lipinski definition) is 1. The van der Waals surface area contributed by atoms with Gasteiger partial charge < -0.3 is 9.72 Å². The van der Waals surface area contributed by atoms with Gasteiger partial charge in [-0.2, -0.15) is 0 Å². The molecule has 182 valence electrons. The van der Waals surface area contributed by atoms with Crippen LogP contribution in [0, 0.1) is 11.6 Å². The molecule has 3 aromatic carbocycles. The minimum atomic E-state index is -3.34. The summed E-state index contributed by atoms with van der Waals surface area (Å²) in [5.74, 6) is 0.00945. The fourth-order valence-corrected chi connectivity index (χ4v) is 4.77. The van der Waals surface area contributed by atoms with Crippen LogP contribution < -0.4 is 4.74 Å². The molecule has 0 amide bonds. The van der Waals surface area contributed by atoms with E-state index in [1.807, 2.05) is 6.07 Å². The Bertz CT molecular complexity index is 1630. The SMILES string of the molecule is CCS(=O)(=O)c1ccc(Oc2cc(Cc3c(F)cccc3F)c3[nH]c(-c4ccccn4)nc3c2)cc1. The van der Waals surface area contributed by atoms with Gasteiger partial charge in [0, 0.05) is 24.2 Å². The second-order valence-corrected chi connectivity index (χ2v) is 10.4. The maximum Gasteiger partial charge on any atom is 0.178 e. The fourth-order valence-electron chi connectivity index (χ4n) is 3.89. The van der Waals surface area contributed by atoms with Crippen LogP contribution in [0.15, 0.2) is 83.9 Å². The molecule has 0 atom stereocenters. The van der Waals surface area contributed by atoms with Crippen LogP contribution >= 0.6 is 0 Å². The Balaban J connectivity index is 1.57. The van der Waals surface area contributed by atoms with E-state index >= 15 is 0 Å². The standard InChI is InChI=1S/C27H21F2N3O3S/c1-2-36(33,34)20-11-9-18(10-12-20)35-19-14-17(15-21-22(28)6-5-7-23(21)29)26-25(16-19)31-27(32-26)24-8-3-4-13-30-24/h3-14,16H,2,15H2,1H3,(H,31,32). The van der Waals surface area contributed by atoms with E-state index in [1.54, 1.807) is 49.5 Å². The molecule has 0 aliphatic carbocycles. The van der Waals surface area contributed by atoms with Gasteiger partial charge in [0.25, 0.3) is 0 Å². The Morgan fingerprint density at radius 1 is 0.917 bits per heavy atom. The van der Waals surface area contributed by atoms with Crippen LogP contribution in [0.2, 0.25) is 0 Å². The molecule has 0 aliphatic heterocycles. The lowest BCUT2D eigenvalue weighted by Crippen LogP contribution is -2.03. The number of ether oxygens (including phenoxy) is 1. The van der Waals surface area contributed by atoms with Crippen molar-refractivity contribution >= 4 is 20.9 Å². The lowest BCUT2D eigenvalue weighted by molar-refractivity contribution is 0.482. The smallest absolute Gasteiger partial charge is 0.178 e. The molecule has 5 rings (SSSR count). The van der Waals surface area contributed by atoms with Gasteiger partial charge in [-0.15, -0.1) is 0 Å². The van der Waals surface area contributed by atoms with E-state index < -0.39 is 21.5 Å². The van der Waals surface area contributed by atoms with Crippen molar-refractivity contribution < 1.29 is 21.9 Å². The lowest BCUT2D eigenvalue weighted by Gasteiger charge is -2.11. The lowest BCUT2D eigenvalue weighted by atomic mass is 10.0. The summed E-state index contributed by atoms with van der Waals surface area (Å²) in [6, 6.07) is 18.7. The van der Waals surface area contributed by atoms with Gasteiger partial charge in [-0.3, -0.25) is 4.98 Å². The predicted octanol–water partition coefficient (Wildman–Crippen LogP) is 6.08. The van der Waals surface area contributed by atoms with Gasteiger partial charge in [-0.05, 0) is 60.2 Å². The molecular formula is C27H21F2N3O3S. The number of hydrogen-bond acceptors (Lipinski definition) is 5. The first-order chi connectivity index (χ1) is 17.3. The van der Waals surface area contributed by atoms with Crippen molar-refractivity contribution in [2.75, 3.05) is 5.75 Å². The minimum Gasteiger partial charge on any atom is -0.457 e. The molecule has 0 radical (unpaired) electrons. The third-order valence-corrected chi connectivity index (χ3v) is 7.53. The second kappa shape index (κ2) is 9.50. The average molecular weight is 506 g/mol. The summed E-state index contributed by atoms with van der Waals surface area (Å²) < 4.78 is 59.1. The molecule has 0 spiro atoms. The van der Waals surface area contributed by atoms with Crippen molar-refractivity contribution in [2.24, 2.45) is 0 Å². The molecule has 0 fully saturated rings. The minimum absolute atomic E-state index is 0.00238. The van der Waals surface area contributed by atoms with Crippen molar-refractivity contribution in [2.45, 2.75) is 18.2 Å². The molecule has 36 heavy (non-hydrogen) atoms. The van der Waals surface area contributed by atoms with Crippen LogP contribution in [-0.4, -0.2) is 29.1 Å². The van der Waals surface area contributed by atoms with Gasteiger partial charge in [-0.25, -0.2) is 22.2 Å². The maximum atomic E-state index is 14.5.